The van der Waals surface area contributed by atoms with E-state index in [9.17, 15) is 0 Å². The third kappa shape index (κ3) is 1.42. The van der Waals surface area contributed by atoms with Crippen LogP contribution >= 0.6 is 11.6 Å². The van der Waals surface area contributed by atoms with Gasteiger partial charge in [-0.05, 0) is 6.92 Å². The fourth-order valence-electron chi connectivity index (χ4n) is 1.04. The molecule has 0 fully saturated rings. The van der Waals surface area contributed by atoms with Crippen molar-refractivity contribution < 1.29 is 0 Å². The number of anilines is 1. The third-order valence-electron chi connectivity index (χ3n) is 1.84. The number of hydrogen-bond donors (Lipinski definition) is 1. The number of halogens is 1. The summed E-state index contributed by atoms with van der Waals surface area (Å²) in [6.45, 7) is 1.85. The van der Waals surface area contributed by atoms with Crippen molar-refractivity contribution in [1.29, 1.82) is 0 Å². The second-order valence-corrected chi connectivity index (χ2v) is 3.23. The topological polar surface area (TPSA) is 69.6 Å². The van der Waals surface area contributed by atoms with E-state index in [1.807, 2.05) is 6.92 Å². The Morgan fingerprint density at radius 3 is 2.43 bits per heavy atom. The van der Waals surface area contributed by atoms with Gasteiger partial charge in [-0.25, -0.2) is 14.6 Å². The van der Waals surface area contributed by atoms with E-state index in [-0.39, 0.29) is 0 Å². The highest BCUT2D eigenvalue weighted by Crippen LogP contribution is 2.12. The minimum atomic E-state index is 0.462. The van der Waals surface area contributed by atoms with E-state index >= 15 is 0 Å². The highest BCUT2D eigenvalue weighted by Gasteiger charge is 2.06. The molecule has 0 aliphatic rings. The summed E-state index contributed by atoms with van der Waals surface area (Å²) in [6, 6.07) is 0. The Morgan fingerprint density at radius 2 is 1.93 bits per heavy atom. The molecule has 0 radical (unpaired) electrons. The molecule has 2 aromatic rings. The van der Waals surface area contributed by atoms with Crippen molar-refractivity contribution in [3.05, 3.63) is 29.3 Å². The minimum absolute atomic E-state index is 0.462. The molecule has 2 N–H and O–H groups in total. The molecule has 0 bridgehead atoms. The number of aromatic nitrogens is 4. The molecule has 5 nitrogen and oxygen atoms in total. The molecule has 2 aromatic heterocycles. The van der Waals surface area contributed by atoms with E-state index in [1.165, 1.54) is 12.4 Å². The lowest BCUT2D eigenvalue weighted by Crippen LogP contribution is -2.04. The maximum absolute atomic E-state index is 5.66. The molecule has 0 spiro atoms. The van der Waals surface area contributed by atoms with Crippen LogP contribution in [0.5, 0.6) is 0 Å². The molecule has 0 amide bonds. The first-order chi connectivity index (χ1) is 6.68. The molecule has 14 heavy (non-hydrogen) atoms. The molecule has 0 aliphatic heterocycles. The van der Waals surface area contributed by atoms with Gasteiger partial charge in [0.25, 0.3) is 5.95 Å². The summed E-state index contributed by atoms with van der Waals surface area (Å²) in [5.74, 6) is 0.462. The van der Waals surface area contributed by atoms with Crippen molar-refractivity contribution in [1.82, 2.24) is 19.7 Å². The maximum atomic E-state index is 5.66. The van der Waals surface area contributed by atoms with Crippen LogP contribution in [-0.2, 0) is 0 Å². The lowest BCUT2D eigenvalue weighted by molar-refractivity contribution is 0.783. The monoisotopic (exact) mass is 209 g/mol. The van der Waals surface area contributed by atoms with Crippen molar-refractivity contribution in [3.63, 3.8) is 0 Å². The second-order valence-electron chi connectivity index (χ2n) is 2.80. The molecule has 0 atom stereocenters. The molecule has 0 aromatic carbocycles. The van der Waals surface area contributed by atoms with Gasteiger partial charge in [-0.2, -0.15) is 5.10 Å². The highest BCUT2D eigenvalue weighted by molar-refractivity contribution is 6.30. The molecule has 0 saturated carbocycles. The van der Waals surface area contributed by atoms with Gasteiger partial charge in [-0.3, -0.25) is 0 Å². The Balaban J connectivity index is 2.49. The fraction of sp³-hybridized carbons (Fsp3) is 0.125. The molecule has 2 rings (SSSR count). The van der Waals surface area contributed by atoms with Gasteiger partial charge in [-0.1, -0.05) is 11.6 Å². The van der Waals surface area contributed by atoms with Crippen molar-refractivity contribution in [2.24, 2.45) is 0 Å². The molecule has 2 heterocycles. The van der Waals surface area contributed by atoms with E-state index in [1.54, 1.807) is 10.9 Å². The Labute approximate surface area is 85.5 Å². The minimum Gasteiger partial charge on any atom is -0.396 e. The van der Waals surface area contributed by atoms with E-state index in [4.69, 9.17) is 17.3 Å². The molecular weight excluding hydrogens is 202 g/mol. The van der Waals surface area contributed by atoms with Crippen LogP contribution in [0.4, 0.5) is 5.69 Å². The number of hydrogen-bond acceptors (Lipinski definition) is 4. The summed E-state index contributed by atoms with van der Waals surface area (Å²) in [5.41, 5.74) is 7.07. The Kier molecular flexibility index (Phi) is 2.09. The fourth-order valence-corrected chi connectivity index (χ4v) is 1.14. The van der Waals surface area contributed by atoms with Gasteiger partial charge in [0.05, 0.1) is 35.0 Å². The molecule has 6 heteroatoms. The third-order valence-corrected chi connectivity index (χ3v) is 2.04. The van der Waals surface area contributed by atoms with Crippen molar-refractivity contribution in [2.45, 2.75) is 6.92 Å². The molecule has 0 aliphatic carbocycles. The summed E-state index contributed by atoms with van der Waals surface area (Å²) in [7, 11) is 0. The van der Waals surface area contributed by atoms with Crippen LogP contribution in [0.25, 0.3) is 5.95 Å². The molecule has 0 unspecified atom stereocenters. The summed E-state index contributed by atoms with van der Waals surface area (Å²) >= 11 is 5.66. The van der Waals surface area contributed by atoms with E-state index in [0.717, 1.165) is 5.69 Å². The Hall–Kier alpha value is -1.62. The van der Waals surface area contributed by atoms with Crippen molar-refractivity contribution in [3.8, 4) is 5.95 Å². The van der Waals surface area contributed by atoms with E-state index in [0.29, 0.717) is 16.7 Å². The average molecular weight is 210 g/mol. The largest absolute Gasteiger partial charge is 0.396 e. The van der Waals surface area contributed by atoms with Gasteiger partial charge in [0.2, 0.25) is 0 Å². The summed E-state index contributed by atoms with van der Waals surface area (Å²) in [5, 5.41) is 4.53. The number of rotatable bonds is 1. The predicted octanol–water partition coefficient (Wildman–Crippen LogP) is 1.21. The predicted molar refractivity (Wildman–Crippen MR) is 53.3 cm³/mol. The molecule has 72 valence electrons. The number of nitrogens with two attached hydrogens (primary N) is 1. The lowest BCUT2D eigenvalue weighted by Gasteiger charge is -2.01. The Bertz CT molecular complexity index is 447. The van der Waals surface area contributed by atoms with Crippen LogP contribution in [0.1, 0.15) is 5.69 Å². The van der Waals surface area contributed by atoms with Crippen LogP contribution in [0, 0.1) is 6.92 Å². The second kappa shape index (κ2) is 3.26. The zero-order valence-corrected chi connectivity index (χ0v) is 8.23. The highest BCUT2D eigenvalue weighted by atomic mass is 35.5. The first-order valence-electron chi connectivity index (χ1n) is 3.96. The first kappa shape index (κ1) is 8.96. The maximum Gasteiger partial charge on any atom is 0.250 e. The van der Waals surface area contributed by atoms with Gasteiger partial charge < -0.3 is 5.73 Å². The van der Waals surface area contributed by atoms with Gasteiger partial charge in [-0.15, -0.1) is 0 Å². The Morgan fingerprint density at radius 1 is 1.29 bits per heavy atom. The van der Waals surface area contributed by atoms with Crippen LogP contribution in [0.3, 0.4) is 0 Å². The average Bonchev–Trinajstić information content (AvgIpc) is 2.50. The molecular formula is C8H8ClN5. The molecule has 0 saturated heterocycles. The van der Waals surface area contributed by atoms with Crippen molar-refractivity contribution in [2.75, 3.05) is 5.73 Å². The summed E-state index contributed by atoms with van der Waals surface area (Å²) in [6.07, 6.45) is 4.59. The SMILES string of the molecule is Cc1c(N)cnn1-c1ncc(Cl)cn1. The van der Waals surface area contributed by atoms with Crippen LogP contribution in [0.2, 0.25) is 5.02 Å². The normalized spacial score (nSPS) is 10.4. The van der Waals surface area contributed by atoms with Crippen LogP contribution < -0.4 is 5.73 Å². The van der Waals surface area contributed by atoms with Crippen LogP contribution in [0.15, 0.2) is 18.6 Å². The van der Waals surface area contributed by atoms with E-state index in [2.05, 4.69) is 15.1 Å². The zero-order chi connectivity index (χ0) is 10.1. The van der Waals surface area contributed by atoms with Crippen molar-refractivity contribution >= 4 is 17.3 Å². The standard InChI is InChI=1S/C8H8ClN5/c1-5-7(10)4-13-14(5)8-11-2-6(9)3-12-8/h2-4H,10H2,1H3. The lowest BCUT2D eigenvalue weighted by atomic mass is 10.4. The zero-order valence-electron chi connectivity index (χ0n) is 7.48. The van der Waals surface area contributed by atoms with Gasteiger partial charge in [0.15, 0.2) is 0 Å². The quantitative estimate of drug-likeness (QED) is 0.767. The number of nitrogen functional groups attached to an aromatic ring is 1. The van der Waals surface area contributed by atoms with Crippen LogP contribution in [-0.4, -0.2) is 19.7 Å². The summed E-state index contributed by atoms with van der Waals surface area (Å²) in [4.78, 5) is 8.05. The smallest absolute Gasteiger partial charge is 0.250 e. The first-order valence-corrected chi connectivity index (χ1v) is 4.34. The van der Waals surface area contributed by atoms with Gasteiger partial charge in [0.1, 0.15) is 0 Å². The van der Waals surface area contributed by atoms with E-state index < -0.39 is 0 Å². The number of nitrogens with zero attached hydrogens (tertiary/aromatic N) is 4. The van der Waals surface area contributed by atoms with Gasteiger partial charge in [0, 0.05) is 0 Å². The summed E-state index contributed by atoms with van der Waals surface area (Å²) < 4.78 is 1.56. The van der Waals surface area contributed by atoms with Gasteiger partial charge >= 0.3 is 0 Å².